The first-order valence-corrected chi connectivity index (χ1v) is 12.6. The number of nitrogens with two attached hydrogens (primary N) is 1. The summed E-state index contributed by atoms with van der Waals surface area (Å²) >= 11 is 6.05. The van der Waals surface area contributed by atoms with Gasteiger partial charge in [0, 0.05) is 22.2 Å². The highest BCUT2D eigenvalue weighted by Crippen LogP contribution is 2.29. The highest BCUT2D eigenvalue weighted by atomic mass is 35.5. The van der Waals surface area contributed by atoms with Crippen molar-refractivity contribution in [3.05, 3.63) is 76.7 Å². The van der Waals surface area contributed by atoms with Crippen LogP contribution in [0, 0.1) is 5.82 Å². The predicted octanol–water partition coefficient (Wildman–Crippen LogP) is 4.24. The van der Waals surface area contributed by atoms with E-state index in [2.05, 4.69) is 5.32 Å². The van der Waals surface area contributed by atoms with Crippen molar-refractivity contribution in [2.24, 2.45) is 5.73 Å². The van der Waals surface area contributed by atoms with Crippen LogP contribution in [0.3, 0.4) is 0 Å². The van der Waals surface area contributed by atoms with Crippen molar-refractivity contribution in [2.75, 3.05) is 19.8 Å². The molecule has 5 rings (SSSR count). The third kappa shape index (κ3) is 5.34. The van der Waals surface area contributed by atoms with E-state index in [9.17, 15) is 18.8 Å². The number of nitrogens with zero attached hydrogens (tertiary/aromatic N) is 1. The molecule has 0 saturated carbocycles. The van der Waals surface area contributed by atoms with Crippen molar-refractivity contribution < 1.29 is 28.2 Å². The van der Waals surface area contributed by atoms with Gasteiger partial charge in [-0.1, -0.05) is 17.7 Å². The van der Waals surface area contributed by atoms with Gasteiger partial charge >= 0.3 is 5.97 Å². The summed E-state index contributed by atoms with van der Waals surface area (Å²) < 4.78 is 26.9. The highest BCUT2D eigenvalue weighted by Gasteiger charge is 2.24. The van der Waals surface area contributed by atoms with Gasteiger partial charge in [-0.3, -0.25) is 14.4 Å². The number of rotatable bonds is 9. The SMILES string of the molecule is NC(=O)c1cc2cc(Cl)ccc2cc1OCC(=O)c1cn(CCOC(=O)[C@H]2CCCN2)c2cc(F)ccc12. The van der Waals surface area contributed by atoms with Gasteiger partial charge < -0.3 is 25.1 Å². The molecule has 2 heterocycles. The van der Waals surface area contributed by atoms with Crippen LogP contribution in [0.4, 0.5) is 4.39 Å². The average molecular weight is 538 g/mol. The van der Waals surface area contributed by atoms with E-state index >= 15 is 0 Å². The van der Waals surface area contributed by atoms with Gasteiger partial charge in [0.15, 0.2) is 6.61 Å². The normalized spacial score (nSPS) is 15.2. The Morgan fingerprint density at radius 1 is 1.08 bits per heavy atom. The Bertz CT molecular complexity index is 1560. The lowest BCUT2D eigenvalue weighted by Crippen LogP contribution is -2.33. The van der Waals surface area contributed by atoms with Gasteiger partial charge in [-0.2, -0.15) is 0 Å². The molecule has 1 amide bonds. The van der Waals surface area contributed by atoms with Gasteiger partial charge in [-0.15, -0.1) is 0 Å². The van der Waals surface area contributed by atoms with Gasteiger partial charge in [0.05, 0.1) is 17.6 Å². The van der Waals surface area contributed by atoms with Crippen molar-refractivity contribution >= 4 is 50.9 Å². The molecule has 8 nitrogen and oxygen atoms in total. The fourth-order valence-electron chi connectivity index (χ4n) is 4.68. The first-order valence-electron chi connectivity index (χ1n) is 12.2. The number of amides is 1. The number of halogens is 2. The maximum Gasteiger partial charge on any atom is 0.323 e. The molecule has 4 aromatic rings. The van der Waals surface area contributed by atoms with E-state index in [1.807, 2.05) is 0 Å². The number of primary amides is 1. The largest absolute Gasteiger partial charge is 0.485 e. The maximum absolute atomic E-state index is 14.1. The number of Topliss-reactive ketones (excluding diaryl/α,β-unsaturated/α-hetero) is 1. The quantitative estimate of drug-likeness (QED) is 0.244. The molecule has 10 heteroatoms. The second-order valence-electron chi connectivity index (χ2n) is 9.13. The third-order valence-electron chi connectivity index (χ3n) is 6.59. The smallest absolute Gasteiger partial charge is 0.323 e. The third-order valence-corrected chi connectivity index (χ3v) is 6.83. The van der Waals surface area contributed by atoms with E-state index in [4.69, 9.17) is 26.8 Å². The molecule has 1 aliphatic heterocycles. The number of fused-ring (bicyclic) bond motifs is 2. The number of hydrogen-bond donors (Lipinski definition) is 2. The van der Waals surface area contributed by atoms with Crippen molar-refractivity contribution in [1.82, 2.24) is 9.88 Å². The zero-order chi connectivity index (χ0) is 26.8. The lowest BCUT2D eigenvalue weighted by molar-refractivity contribution is -0.146. The molecule has 0 radical (unpaired) electrons. The van der Waals surface area contributed by atoms with Crippen LogP contribution in [-0.2, 0) is 16.1 Å². The molecule has 0 spiro atoms. The number of carbonyl (C=O) groups excluding carboxylic acids is 3. The van der Waals surface area contributed by atoms with Gasteiger partial charge in [-0.25, -0.2) is 4.39 Å². The number of esters is 1. The first kappa shape index (κ1) is 25.7. The van der Waals surface area contributed by atoms with Crippen molar-refractivity contribution in [3.8, 4) is 5.75 Å². The Kier molecular flexibility index (Phi) is 7.31. The molecule has 1 aromatic heterocycles. The molecule has 1 saturated heterocycles. The molecule has 38 heavy (non-hydrogen) atoms. The van der Waals surface area contributed by atoms with E-state index in [1.165, 1.54) is 18.2 Å². The van der Waals surface area contributed by atoms with Gasteiger partial charge in [-0.05, 0) is 72.6 Å². The number of carbonyl (C=O) groups is 3. The zero-order valence-electron chi connectivity index (χ0n) is 20.3. The zero-order valence-corrected chi connectivity index (χ0v) is 21.1. The summed E-state index contributed by atoms with van der Waals surface area (Å²) in [7, 11) is 0. The van der Waals surface area contributed by atoms with Gasteiger partial charge in [0.2, 0.25) is 5.78 Å². The van der Waals surface area contributed by atoms with Crippen molar-refractivity contribution in [3.63, 3.8) is 0 Å². The van der Waals surface area contributed by atoms with E-state index in [-0.39, 0.29) is 48.9 Å². The summed E-state index contributed by atoms with van der Waals surface area (Å²) in [6, 6.07) is 12.2. The summed E-state index contributed by atoms with van der Waals surface area (Å²) in [6.45, 7) is 0.720. The Labute approximate surface area is 222 Å². The minimum atomic E-state index is -0.705. The van der Waals surface area contributed by atoms with Crippen molar-refractivity contribution in [1.29, 1.82) is 0 Å². The van der Waals surface area contributed by atoms with Crippen molar-refractivity contribution in [2.45, 2.75) is 25.4 Å². The van der Waals surface area contributed by atoms with Crippen LogP contribution >= 0.6 is 11.6 Å². The topological polar surface area (TPSA) is 113 Å². The second kappa shape index (κ2) is 10.8. The molecule has 196 valence electrons. The Morgan fingerprint density at radius 3 is 2.68 bits per heavy atom. The van der Waals surface area contributed by atoms with E-state index in [0.29, 0.717) is 26.9 Å². The lowest BCUT2D eigenvalue weighted by Gasteiger charge is -2.11. The number of hydrogen-bond acceptors (Lipinski definition) is 6. The summed E-state index contributed by atoms with van der Waals surface area (Å²) in [5.74, 6) is -1.69. The number of ketones is 1. The maximum atomic E-state index is 14.1. The number of ether oxygens (including phenoxy) is 2. The monoisotopic (exact) mass is 537 g/mol. The summed E-state index contributed by atoms with van der Waals surface area (Å²) in [6.07, 6.45) is 3.25. The Balaban J connectivity index is 1.35. The minimum Gasteiger partial charge on any atom is -0.485 e. The number of nitrogens with one attached hydrogen (secondary N) is 1. The molecule has 1 atom stereocenters. The Morgan fingerprint density at radius 2 is 1.92 bits per heavy atom. The molecule has 0 aliphatic carbocycles. The summed E-state index contributed by atoms with van der Waals surface area (Å²) in [5, 5.41) is 5.60. The van der Waals surface area contributed by atoms with E-state index in [0.717, 1.165) is 24.8 Å². The van der Waals surface area contributed by atoms with Gasteiger partial charge in [0.1, 0.15) is 24.2 Å². The Hall–Kier alpha value is -3.95. The number of benzene rings is 3. The molecule has 0 bridgehead atoms. The van der Waals surface area contributed by atoms with Crippen LogP contribution in [0.25, 0.3) is 21.7 Å². The highest BCUT2D eigenvalue weighted by molar-refractivity contribution is 6.31. The molecule has 0 unspecified atom stereocenters. The molecular formula is C28H25ClFN3O5. The number of aromatic nitrogens is 1. The van der Waals surface area contributed by atoms with E-state index in [1.54, 1.807) is 41.1 Å². The molecular weight excluding hydrogens is 513 g/mol. The first-order chi connectivity index (χ1) is 18.3. The average Bonchev–Trinajstić information content (AvgIpc) is 3.55. The van der Waals surface area contributed by atoms with E-state index < -0.39 is 11.7 Å². The predicted molar refractivity (Wildman–Crippen MR) is 141 cm³/mol. The van der Waals surface area contributed by atoms with Crippen LogP contribution in [0.15, 0.2) is 54.7 Å². The summed E-state index contributed by atoms with van der Waals surface area (Å²) in [5.41, 5.74) is 6.47. The van der Waals surface area contributed by atoms with Crippen LogP contribution < -0.4 is 15.8 Å². The molecule has 1 aliphatic rings. The van der Waals surface area contributed by atoms with Crippen LogP contribution in [0.5, 0.6) is 5.75 Å². The lowest BCUT2D eigenvalue weighted by atomic mass is 10.1. The fraction of sp³-hybridized carbons (Fsp3) is 0.250. The van der Waals surface area contributed by atoms with Gasteiger partial charge in [0.25, 0.3) is 5.91 Å². The standard InChI is InChI=1S/C28H25ClFN3O5/c29-18-4-3-16-12-26(21(27(31)35)11-17(16)10-18)38-15-25(34)22-14-33(24-13-19(30)5-6-20(22)24)8-9-37-28(36)23-2-1-7-32-23/h3-6,10-14,23,32H,1-2,7-9,15H2,(H2,31,35)/t23-/m1/s1. The second-order valence-corrected chi connectivity index (χ2v) is 9.57. The van der Waals surface area contributed by atoms with Crippen LogP contribution in [0.2, 0.25) is 5.02 Å². The van der Waals surface area contributed by atoms with Crippen LogP contribution in [-0.4, -0.2) is 48.0 Å². The fourth-order valence-corrected chi connectivity index (χ4v) is 4.86. The molecule has 3 aromatic carbocycles. The minimum absolute atomic E-state index is 0.0739. The molecule has 3 N–H and O–H groups in total. The molecule has 1 fully saturated rings. The summed E-state index contributed by atoms with van der Waals surface area (Å²) in [4.78, 5) is 37.5. The van der Waals surface area contributed by atoms with Crippen LogP contribution in [0.1, 0.15) is 33.6 Å².